The lowest BCUT2D eigenvalue weighted by Gasteiger charge is -2.18. The molecule has 5 nitrogen and oxygen atoms in total. The Balaban J connectivity index is 1.79. The molecule has 0 saturated carbocycles. The van der Waals surface area contributed by atoms with Gasteiger partial charge in [0.05, 0.1) is 6.04 Å². The molecule has 0 aliphatic heterocycles. The molecule has 0 radical (unpaired) electrons. The SMILES string of the molecule is Cc1ccc(NC(=O)C[C@@H](C)N)cc1C(=O)N[C@H](C)c1cccc2ccccc12. The second kappa shape index (κ2) is 8.88. The predicted molar refractivity (Wildman–Crippen MR) is 118 cm³/mol. The summed E-state index contributed by atoms with van der Waals surface area (Å²) >= 11 is 0. The van der Waals surface area contributed by atoms with Gasteiger partial charge < -0.3 is 16.4 Å². The number of hydrogen-bond donors (Lipinski definition) is 3. The third kappa shape index (κ3) is 5.00. The monoisotopic (exact) mass is 389 g/mol. The number of amides is 2. The first-order chi connectivity index (χ1) is 13.8. The number of rotatable bonds is 6. The number of aryl methyl sites for hydroxylation is 1. The van der Waals surface area contributed by atoms with E-state index < -0.39 is 0 Å². The minimum atomic E-state index is -0.218. The lowest BCUT2D eigenvalue weighted by Crippen LogP contribution is -2.28. The largest absolute Gasteiger partial charge is 0.345 e. The van der Waals surface area contributed by atoms with Gasteiger partial charge in [-0.15, -0.1) is 0 Å². The summed E-state index contributed by atoms with van der Waals surface area (Å²) in [5, 5.41) is 8.15. The molecule has 2 atom stereocenters. The molecule has 150 valence electrons. The van der Waals surface area contributed by atoms with Crippen LogP contribution in [0.2, 0.25) is 0 Å². The normalized spacial score (nSPS) is 13.0. The van der Waals surface area contributed by atoms with Crippen molar-refractivity contribution in [3.05, 3.63) is 77.4 Å². The predicted octanol–water partition coefficient (Wildman–Crippen LogP) is 4.32. The van der Waals surface area contributed by atoms with Crippen LogP contribution in [0.15, 0.2) is 60.7 Å². The molecule has 4 N–H and O–H groups in total. The molecule has 0 heterocycles. The molecule has 0 aliphatic carbocycles. The summed E-state index contributed by atoms with van der Waals surface area (Å²) in [5.74, 6) is -0.342. The minimum absolute atomic E-state index is 0.163. The lowest BCUT2D eigenvalue weighted by atomic mass is 9.99. The maximum absolute atomic E-state index is 13.0. The molecule has 0 saturated heterocycles. The van der Waals surface area contributed by atoms with Gasteiger partial charge in [0, 0.05) is 23.7 Å². The number of carbonyl (C=O) groups excluding carboxylic acids is 2. The van der Waals surface area contributed by atoms with Gasteiger partial charge in [-0.3, -0.25) is 9.59 Å². The number of anilines is 1. The van der Waals surface area contributed by atoms with Gasteiger partial charge in [0.2, 0.25) is 5.91 Å². The topological polar surface area (TPSA) is 84.2 Å². The van der Waals surface area contributed by atoms with E-state index in [0.717, 1.165) is 21.9 Å². The Labute approximate surface area is 171 Å². The van der Waals surface area contributed by atoms with Gasteiger partial charge in [-0.1, -0.05) is 48.5 Å². The van der Waals surface area contributed by atoms with E-state index in [2.05, 4.69) is 28.8 Å². The van der Waals surface area contributed by atoms with Crippen LogP contribution in [0.3, 0.4) is 0 Å². The van der Waals surface area contributed by atoms with E-state index in [4.69, 9.17) is 5.73 Å². The fraction of sp³-hybridized carbons (Fsp3) is 0.250. The van der Waals surface area contributed by atoms with Crippen molar-refractivity contribution in [1.29, 1.82) is 0 Å². The quantitative estimate of drug-likeness (QED) is 0.587. The Bertz CT molecular complexity index is 1040. The summed E-state index contributed by atoms with van der Waals surface area (Å²) in [6.07, 6.45) is 0.230. The molecule has 3 aromatic carbocycles. The van der Waals surface area contributed by atoms with Crippen molar-refractivity contribution in [3.8, 4) is 0 Å². The van der Waals surface area contributed by atoms with Crippen molar-refractivity contribution in [3.63, 3.8) is 0 Å². The van der Waals surface area contributed by atoms with Crippen LogP contribution in [0.1, 0.15) is 47.8 Å². The Hall–Kier alpha value is -3.18. The van der Waals surface area contributed by atoms with Crippen LogP contribution in [0.5, 0.6) is 0 Å². The molecule has 0 unspecified atom stereocenters. The second-order valence-corrected chi connectivity index (χ2v) is 7.52. The van der Waals surface area contributed by atoms with E-state index in [0.29, 0.717) is 11.3 Å². The fourth-order valence-electron chi connectivity index (χ4n) is 3.43. The summed E-state index contributed by atoms with van der Waals surface area (Å²) in [6, 6.07) is 19.2. The number of nitrogens with one attached hydrogen (secondary N) is 2. The fourth-order valence-corrected chi connectivity index (χ4v) is 3.43. The van der Waals surface area contributed by atoms with E-state index in [9.17, 15) is 9.59 Å². The molecule has 0 fully saturated rings. The third-order valence-electron chi connectivity index (χ3n) is 4.91. The molecule has 3 rings (SSSR count). The van der Waals surface area contributed by atoms with Crippen LogP contribution in [0, 0.1) is 6.92 Å². The van der Waals surface area contributed by atoms with Crippen molar-refractivity contribution in [2.45, 2.75) is 39.3 Å². The average Bonchev–Trinajstić information content (AvgIpc) is 2.68. The van der Waals surface area contributed by atoms with Gasteiger partial charge in [-0.05, 0) is 54.8 Å². The standard InChI is InChI=1S/C24H27N3O2/c1-15-11-12-19(27-23(28)13-16(2)25)14-22(15)24(29)26-17(3)20-10-6-8-18-7-4-5-9-21(18)20/h4-12,14,16-17H,13,25H2,1-3H3,(H,26,29)(H,27,28)/t16-,17-/m1/s1. The Morgan fingerprint density at radius 2 is 1.72 bits per heavy atom. The van der Waals surface area contributed by atoms with Crippen LogP contribution in [-0.2, 0) is 4.79 Å². The molecule has 2 amide bonds. The molecule has 0 aliphatic rings. The first kappa shape index (κ1) is 20.6. The molecule has 0 aromatic heterocycles. The van der Waals surface area contributed by atoms with Gasteiger partial charge in [0.25, 0.3) is 5.91 Å². The van der Waals surface area contributed by atoms with Crippen molar-refractivity contribution in [2.75, 3.05) is 5.32 Å². The summed E-state index contributed by atoms with van der Waals surface area (Å²) in [5.41, 5.74) is 8.71. The van der Waals surface area contributed by atoms with Gasteiger partial charge in [-0.25, -0.2) is 0 Å². The highest BCUT2D eigenvalue weighted by Crippen LogP contribution is 2.25. The lowest BCUT2D eigenvalue weighted by molar-refractivity contribution is -0.116. The number of benzene rings is 3. The molecule has 29 heavy (non-hydrogen) atoms. The number of fused-ring (bicyclic) bond motifs is 1. The van der Waals surface area contributed by atoms with Crippen molar-refractivity contribution < 1.29 is 9.59 Å². The zero-order valence-corrected chi connectivity index (χ0v) is 17.0. The summed E-state index contributed by atoms with van der Waals surface area (Å²) in [4.78, 5) is 24.9. The van der Waals surface area contributed by atoms with Crippen molar-refractivity contribution in [2.24, 2.45) is 5.73 Å². The first-order valence-electron chi connectivity index (χ1n) is 9.79. The molecular formula is C24H27N3O2. The highest BCUT2D eigenvalue weighted by atomic mass is 16.2. The number of hydrogen-bond acceptors (Lipinski definition) is 3. The smallest absolute Gasteiger partial charge is 0.252 e. The summed E-state index contributed by atoms with van der Waals surface area (Å²) in [7, 11) is 0. The Morgan fingerprint density at radius 3 is 2.48 bits per heavy atom. The molecule has 5 heteroatoms. The van der Waals surface area contributed by atoms with E-state index in [-0.39, 0.29) is 30.3 Å². The van der Waals surface area contributed by atoms with Crippen LogP contribution in [-0.4, -0.2) is 17.9 Å². The van der Waals surface area contributed by atoms with E-state index in [1.807, 2.05) is 44.2 Å². The van der Waals surface area contributed by atoms with E-state index in [1.165, 1.54) is 0 Å². The molecule has 0 spiro atoms. The van der Waals surface area contributed by atoms with E-state index in [1.54, 1.807) is 19.1 Å². The third-order valence-corrected chi connectivity index (χ3v) is 4.91. The van der Waals surface area contributed by atoms with Crippen LogP contribution < -0.4 is 16.4 Å². The number of carbonyl (C=O) groups is 2. The van der Waals surface area contributed by atoms with Crippen LogP contribution in [0.4, 0.5) is 5.69 Å². The Morgan fingerprint density at radius 1 is 1.00 bits per heavy atom. The highest BCUT2D eigenvalue weighted by Gasteiger charge is 2.16. The maximum Gasteiger partial charge on any atom is 0.252 e. The second-order valence-electron chi connectivity index (χ2n) is 7.52. The van der Waals surface area contributed by atoms with Gasteiger partial charge in [0.1, 0.15) is 0 Å². The minimum Gasteiger partial charge on any atom is -0.345 e. The van der Waals surface area contributed by atoms with Gasteiger partial charge in [-0.2, -0.15) is 0 Å². The molecule has 0 bridgehead atoms. The first-order valence-corrected chi connectivity index (χ1v) is 9.79. The van der Waals surface area contributed by atoms with Gasteiger partial charge >= 0.3 is 0 Å². The number of nitrogens with two attached hydrogens (primary N) is 1. The Kier molecular flexibility index (Phi) is 6.29. The van der Waals surface area contributed by atoms with Crippen molar-refractivity contribution >= 4 is 28.3 Å². The zero-order valence-electron chi connectivity index (χ0n) is 17.0. The highest BCUT2D eigenvalue weighted by molar-refractivity contribution is 5.99. The van der Waals surface area contributed by atoms with Gasteiger partial charge in [0.15, 0.2) is 0 Å². The molecule has 3 aromatic rings. The van der Waals surface area contributed by atoms with E-state index >= 15 is 0 Å². The average molecular weight is 389 g/mol. The zero-order chi connectivity index (χ0) is 21.0. The van der Waals surface area contributed by atoms with Crippen LogP contribution in [0.25, 0.3) is 10.8 Å². The van der Waals surface area contributed by atoms with Crippen molar-refractivity contribution in [1.82, 2.24) is 5.32 Å². The maximum atomic E-state index is 13.0. The van der Waals surface area contributed by atoms with Crippen LogP contribution >= 0.6 is 0 Å². The summed E-state index contributed by atoms with van der Waals surface area (Å²) < 4.78 is 0. The summed E-state index contributed by atoms with van der Waals surface area (Å²) in [6.45, 7) is 5.64. The molecular weight excluding hydrogens is 362 g/mol.